The first-order valence-electron chi connectivity index (χ1n) is 7.35. The first-order valence-corrected chi connectivity index (χ1v) is 8.23. The largest absolute Gasteiger partial charge is 0.332 e. The molecule has 0 spiro atoms. The van der Waals surface area contributed by atoms with Gasteiger partial charge in [-0.05, 0) is 12.8 Å². The molecule has 0 amide bonds. The monoisotopic (exact) mass is 292 g/mol. The number of hydrogen-bond donors (Lipinski definition) is 1. The molecule has 0 bridgehead atoms. The molecule has 5 nitrogen and oxygen atoms in total. The molecule has 0 unspecified atom stereocenters. The van der Waals surface area contributed by atoms with Crippen LogP contribution in [0.15, 0.2) is 9.90 Å². The minimum atomic E-state index is 0.445. The van der Waals surface area contributed by atoms with Crippen molar-refractivity contribution in [2.75, 3.05) is 0 Å². The van der Waals surface area contributed by atoms with Crippen molar-refractivity contribution in [3.8, 4) is 11.6 Å². The van der Waals surface area contributed by atoms with E-state index in [2.05, 4.69) is 15.1 Å². The van der Waals surface area contributed by atoms with Crippen LogP contribution in [-0.4, -0.2) is 15.1 Å². The summed E-state index contributed by atoms with van der Waals surface area (Å²) < 4.78 is 5.38. The van der Waals surface area contributed by atoms with Crippen molar-refractivity contribution in [2.24, 2.45) is 5.73 Å². The number of hydrogen-bond acceptors (Lipinski definition) is 6. The highest BCUT2D eigenvalue weighted by molar-refractivity contribution is 7.09. The Balaban J connectivity index is 1.74. The lowest BCUT2D eigenvalue weighted by Crippen LogP contribution is -2.04. The zero-order valence-electron chi connectivity index (χ0n) is 11.5. The molecule has 2 N–H and O–H groups in total. The van der Waals surface area contributed by atoms with Gasteiger partial charge >= 0.3 is 0 Å². The zero-order chi connectivity index (χ0) is 13.8. The molecule has 0 radical (unpaired) electrons. The van der Waals surface area contributed by atoms with Gasteiger partial charge in [0, 0.05) is 17.8 Å². The van der Waals surface area contributed by atoms with Crippen molar-refractivity contribution >= 4 is 11.3 Å². The highest BCUT2D eigenvalue weighted by Crippen LogP contribution is 2.30. The molecule has 6 heteroatoms. The van der Waals surface area contributed by atoms with Gasteiger partial charge in [0.25, 0.3) is 5.89 Å². The lowest BCUT2D eigenvalue weighted by molar-refractivity contribution is 0.392. The van der Waals surface area contributed by atoms with E-state index in [0.717, 1.165) is 16.5 Å². The molecule has 1 aliphatic rings. The van der Waals surface area contributed by atoms with Crippen LogP contribution in [0.4, 0.5) is 0 Å². The van der Waals surface area contributed by atoms with Gasteiger partial charge in [0.2, 0.25) is 0 Å². The Kier molecular flexibility index (Phi) is 4.42. The fraction of sp³-hybridized carbons (Fsp3) is 0.643. The van der Waals surface area contributed by atoms with Crippen LogP contribution in [-0.2, 0) is 6.54 Å². The van der Waals surface area contributed by atoms with Crippen LogP contribution >= 0.6 is 11.3 Å². The summed E-state index contributed by atoms with van der Waals surface area (Å²) in [5, 5.41) is 6.99. The Labute approximate surface area is 122 Å². The van der Waals surface area contributed by atoms with E-state index in [1.54, 1.807) is 0 Å². The third-order valence-corrected chi connectivity index (χ3v) is 4.73. The van der Waals surface area contributed by atoms with Crippen molar-refractivity contribution in [3.05, 3.63) is 16.2 Å². The van der Waals surface area contributed by atoms with Crippen LogP contribution in [0.5, 0.6) is 0 Å². The summed E-state index contributed by atoms with van der Waals surface area (Å²) in [6.45, 7) is 0.453. The summed E-state index contributed by atoms with van der Waals surface area (Å²) in [7, 11) is 0. The van der Waals surface area contributed by atoms with E-state index in [9.17, 15) is 0 Å². The van der Waals surface area contributed by atoms with E-state index in [4.69, 9.17) is 10.3 Å². The van der Waals surface area contributed by atoms with Crippen LogP contribution in [0.1, 0.15) is 61.7 Å². The second-order valence-corrected chi connectivity index (χ2v) is 6.27. The van der Waals surface area contributed by atoms with Crippen LogP contribution in [0.2, 0.25) is 0 Å². The first-order chi connectivity index (χ1) is 9.86. The van der Waals surface area contributed by atoms with Gasteiger partial charge in [0.1, 0.15) is 10.7 Å². The molecule has 1 saturated carbocycles. The molecule has 108 valence electrons. The summed E-state index contributed by atoms with van der Waals surface area (Å²) in [4.78, 5) is 8.94. The van der Waals surface area contributed by atoms with E-state index in [1.807, 2.05) is 5.38 Å². The van der Waals surface area contributed by atoms with Crippen molar-refractivity contribution in [3.63, 3.8) is 0 Å². The summed E-state index contributed by atoms with van der Waals surface area (Å²) in [5.41, 5.74) is 6.33. The summed E-state index contributed by atoms with van der Waals surface area (Å²) in [6, 6.07) is 0. The van der Waals surface area contributed by atoms with Gasteiger partial charge in [-0.15, -0.1) is 11.3 Å². The topological polar surface area (TPSA) is 77.8 Å². The molecule has 1 fully saturated rings. The van der Waals surface area contributed by atoms with Crippen LogP contribution in [0.3, 0.4) is 0 Å². The maximum atomic E-state index is 5.58. The lowest BCUT2D eigenvalue weighted by atomic mass is 9.91. The van der Waals surface area contributed by atoms with Crippen molar-refractivity contribution in [1.82, 2.24) is 15.1 Å². The predicted octanol–water partition coefficient (Wildman–Crippen LogP) is 3.48. The Hall–Kier alpha value is -1.27. The summed E-state index contributed by atoms with van der Waals surface area (Å²) >= 11 is 1.53. The number of thiazole rings is 1. The van der Waals surface area contributed by atoms with Gasteiger partial charge in [-0.25, -0.2) is 4.98 Å². The Morgan fingerprint density at radius 2 is 1.90 bits per heavy atom. The van der Waals surface area contributed by atoms with Gasteiger partial charge in [-0.1, -0.05) is 37.3 Å². The van der Waals surface area contributed by atoms with Crippen LogP contribution < -0.4 is 5.73 Å². The molecule has 3 rings (SSSR count). The average Bonchev–Trinajstić information content (AvgIpc) is 3.06. The second kappa shape index (κ2) is 6.45. The minimum Gasteiger partial charge on any atom is -0.332 e. The number of rotatable bonds is 3. The molecule has 0 atom stereocenters. The molecule has 0 saturated heterocycles. The minimum absolute atomic E-state index is 0.445. The third-order valence-electron chi connectivity index (χ3n) is 3.86. The quantitative estimate of drug-likeness (QED) is 0.937. The van der Waals surface area contributed by atoms with Crippen molar-refractivity contribution in [2.45, 2.75) is 57.4 Å². The smallest absolute Gasteiger partial charge is 0.277 e. The van der Waals surface area contributed by atoms with Crippen LogP contribution in [0.25, 0.3) is 11.6 Å². The van der Waals surface area contributed by atoms with Gasteiger partial charge in [0.05, 0.1) is 0 Å². The average molecular weight is 292 g/mol. The zero-order valence-corrected chi connectivity index (χ0v) is 12.4. The standard InChI is InChI=1S/C14H20N4OS/c15-8-12-16-11(9-20-12)14-17-13(18-19-14)10-6-4-2-1-3-5-7-10/h9-10H,1-8,15H2. The van der Waals surface area contributed by atoms with E-state index >= 15 is 0 Å². The molecular weight excluding hydrogens is 272 g/mol. The normalized spacial score (nSPS) is 17.9. The fourth-order valence-corrected chi connectivity index (χ4v) is 3.37. The first kappa shape index (κ1) is 13.7. The van der Waals surface area contributed by atoms with Gasteiger partial charge in [0.15, 0.2) is 5.82 Å². The number of nitrogens with two attached hydrogens (primary N) is 1. The highest BCUT2D eigenvalue weighted by Gasteiger charge is 2.20. The van der Waals surface area contributed by atoms with Gasteiger partial charge in [-0.2, -0.15) is 4.98 Å². The fourth-order valence-electron chi connectivity index (χ4n) is 2.72. The van der Waals surface area contributed by atoms with E-state index in [1.165, 1.54) is 56.3 Å². The van der Waals surface area contributed by atoms with Crippen molar-refractivity contribution in [1.29, 1.82) is 0 Å². The van der Waals surface area contributed by atoms with Gasteiger partial charge in [-0.3, -0.25) is 0 Å². The van der Waals surface area contributed by atoms with Crippen LogP contribution in [0, 0.1) is 0 Å². The predicted molar refractivity (Wildman–Crippen MR) is 78.4 cm³/mol. The number of aromatic nitrogens is 3. The SMILES string of the molecule is NCc1nc(-c2nc(C3CCCCCCC3)no2)cs1. The molecule has 2 aromatic rings. The molecule has 20 heavy (non-hydrogen) atoms. The highest BCUT2D eigenvalue weighted by atomic mass is 32.1. The molecule has 0 aliphatic heterocycles. The molecular formula is C14H20N4OS. The second-order valence-electron chi connectivity index (χ2n) is 5.33. The lowest BCUT2D eigenvalue weighted by Gasteiger charge is -2.15. The summed E-state index contributed by atoms with van der Waals surface area (Å²) in [6.07, 6.45) is 8.89. The Morgan fingerprint density at radius 1 is 1.15 bits per heavy atom. The Morgan fingerprint density at radius 3 is 2.60 bits per heavy atom. The molecule has 2 heterocycles. The maximum absolute atomic E-state index is 5.58. The summed E-state index contributed by atoms with van der Waals surface area (Å²) in [5.74, 6) is 1.82. The van der Waals surface area contributed by atoms with E-state index in [0.29, 0.717) is 18.4 Å². The third kappa shape index (κ3) is 3.07. The van der Waals surface area contributed by atoms with Gasteiger partial charge < -0.3 is 10.3 Å². The molecule has 2 aromatic heterocycles. The molecule has 1 aliphatic carbocycles. The van der Waals surface area contributed by atoms with Crippen molar-refractivity contribution < 1.29 is 4.52 Å². The van der Waals surface area contributed by atoms with E-state index < -0.39 is 0 Å². The number of nitrogens with zero attached hydrogens (tertiary/aromatic N) is 3. The van der Waals surface area contributed by atoms with E-state index in [-0.39, 0.29) is 0 Å². The Bertz CT molecular complexity index is 543. The molecule has 0 aromatic carbocycles. The maximum Gasteiger partial charge on any atom is 0.277 e.